The van der Waals surface area contributed by atoms with Gasteiger partial charge in [0.25, 0.3) is 0 Å². The highest BCUT2D eigenvalue weighted by molar-refractivity contribution is 5.38. The molecule has 1 aromatic rings. The van der Waals surface area contributed by atoms with Gasteiger partial charge in [0.05, 0.1) is 12.7 Å². The number of aryl methyl sites for hydroxylation is 1. The predicted octanol–water partition coefficient (Wildman–Crippen LogP) is 3.40. The molecule has 2 nitrogen and oxygen atoms in total. The van der Waals surface area contributed by atoms with Gasteiger partial charge in [-0.3, -0.25) is 0 Å². The first-order valence-corrected chi connectivity index (χ1v) is 6.36. The smallest absolute Gasteiger partial charge is 0.119 e. The van der Waals surface area contributed by atoms with Crippen LogP contribution in [0.5, 0.6) is 5.75 Å². The number of ether oxygens (including phenoxy) is 1. The molecular formula is C15H20O2. The van der Waals surface area contributed by atoms with Crippen LogP contribution in [0.15, 0.2) is 30.9 Å². The molecule has 1 aliphatic rings. The summed E-state index contributed by atoms with van der Waals surface area (Å²) in [5.74, 6) is 0.918. The molecule has 0 fully saturated rings. The van der Waals surface area contributed by atoms with Crippen LogP contribution in [0.2, 0.25) is 0 Å². The van der Waals surface area contributed by atoms with Crippen molar-refractivity contribution < 1.29 is 9.84 Å². The molecule has 0 aliphatic heterocycles. The Morgan fingerprint density at radius 2 is 2.35 bits per heavy atom. The van der Waals surface area contributed by atoms with Crippen molar-refractivity contribution in [3.63, 3.8) is 0 Å². The molecule has 0 aromatic heterocycles. The fourth-order valence-corrected chi connectivity index (χ4v) is 2.27. The molecule has 0 amide bonds. The lowest BCUT2D eigenvalue weighted by Crippen LogP contribution is -2.09. The van der Waals surface area contributed by atoms with Crippen LogP contribution >= 0.6 is 0 Å². The molecule has 2 rings (SSSR count). The van der Waals surface area contributed by atoms with E-state index >= 15 is 0 Å². The monoisotopic (exact) mass is 232 g/mol. The third kappa shape index (κ3) is 3.10. The second-order valence-electron chi connectivity index (χ2n) is 4.55. The fraction of sp³-hybridized carbons (Fsp3) is 0.467. The van der Waals surface area contributed by atoms with E-state index in [1.54, 1.807) is 0 Å². The van der Waals surface area contributed by atoms with Crippen LogP contribution in [-0.2, 0) is 6.42 Å². The van der Waals surface area contributed by atoms with Gasteiger partial charge in [0.1, 0.15) is 5.75 Å². The number of aliphatic hydroxyl groups is 1. The maximum Gasteiger partial charge on any atom is 0.119 e. The topological polar surface area (TPSA) is 29.5 Å². The van der Waals surface area contributed by atoms with Gasteiger partial charge in [-0.15, -0.1) is 6.58 Å². The molecule has 0 heterocycles. The van der Waals surface area contributed by atoms with Crippen LogP contribution in [-0.4, -0.2) is 11.7 Å². The normalized spacial score (nSPS) is 18.5. The molecule has 0 spiro atoms. The Labute approximate surface area is 103 Å². The fourth-order valence-electron chi connectivity index (χ4n) is 2.27. The van der Waals surface area contributed by atoms with E-state index in [0.717, 1.165) is 50.0 Å². The Morgan fingerprint density at radius 1 is 1.47 bits per heavy atom. The van der Waals surface area contributed by atoms with E-state index in [-0.39, 0.29) is 6.10 Å². The average molecular weight is 232 g/mol. The molecule has 1 atom stereocenters. The summed E-state index contributed by atoms with van der Waals surface area (Å²) in [6, 6.07) is 6.04. The summed E-state index contributed by atoms with van der Waals surface area (Å²) in [6.07, 6.45) is 6.62. The maximum atomic E-state index is 9.85. The summed E-state index contributed by atoms with van der Waals surface area (Å²) in [5.41, 5.74) is 2.32. The zero-order valence-electron chi connectivity index (χ0n) is 10.2. The summed E-state index contributed by atoms with van der Waals surface area (Å²) < 4.78 is 5.68. The first-order chi connectivity index (χ1) is 8.31. The zero-order chi connectivity index (χ0) is 12.1. The second kappa shape index (κ2) is 5.87. The number of aliphatic hydroxyl groups excluding tert-OH is 1. The molecule has 0 saturated heterocycles. The minimum atomic E-state index is -0.284. The molecule has 1 N–H and O–H groups in total. The van der Waals surface area contributed by atoms with E-state index < -0.39 is 0 Å². The first kappa shape index (κ1) is 12.2. The van der Waals surface area contributed by atoms with Crippen molar-refractivity contribution in [2.45, 2.75) is 38.2 Å². The third-order valence-electron chi connectivity index (χ3n) is 3.22. The quantitative estimate of drug-likeness (QED) is 0.622. The van der Waals surface area contributed by atoms with Crippen LogP contribution in [0.4, 0.5) is 0 Å². The summed E-state index contributed by atoms with van der Waals surface area (Å²) >= 11 is 0. The van der Waals surface area contributed by atoms with Crippen molar-refractivity contribution in [2.24, 2.45) is 0 Å². The molecule has 0 bridgehead atoms. The molecule has 0 saturated carbocycles. The molecule has 0 radical (unpaired) electrons. The van der Waals surface area contributed by atoms with Gasteiger partial charge < -0.3 is 9.84 Å². The summed E-state index contributed by atoms with van der Waals surface area (Å²) in [6.45, 7) is 4.42. The maximum absolute atomic E-state index is 9.85. The minimum Gasteiger partial charge on any atom is -0.494 e. The Bertz CT molecular complexity index is 385. The van der Waals surface area contributed by atoms with Crippen LogP contribution in [0.25, 0.3) is 0 Å². The molecule has 17 heavy (non-hydrogen) atoms. The summed E-state index contributed by atoms with van der Waals surface area (Å²) in [5, 5.41) is 9.85. The van der Waals surface area contributed by atoms with Gasteiger partial charge in [0.2, 0.25) is 0 Å². The average Bonchev–Trinajstić information content (AvgIpc) is 2.35. The second-order valence-corrected chi connectivity index (χ2v) is 4.55. The predicted molar refractivity (Wildman–Crippen MR) is 69.3 cm³/mol. The van der Waals surface area contributed by atoms with Crippen molar-refractivity contribution in [3.05, 3.63) is 42.0 Å². The standard InChI is InChI=1S/C15H20O2/c1-2-3-4-10-17-13-8-9-14-12(11-13)6-5-7-15(14)16/h2,8-9,11,15-16H,1,3-7,10H2. The van der Waals surface area contributed by atoms with Gasteiger partial charge in [-0.25, -0.2) is 0 Å². The van der Waals surface area contributed by atoms with Gasteiger partial charge in [-0.1, -0.05) is 12.1 Å². The Balaban J connectivity index is 1.98. The van der Waals surface area contributed by atoms with Crippen molar-refractivity contribution in [1.29, 1.82) is 0 Å². The Morgan fingerprint density at radius 3 is 3.18 bits per heavy atom. The minimum absolute atomic E-state index is 0.284. The van der Waals surface area contributed by atoms with E-state index in [1.807, 2.05) is 18.2 Å². The van der Waals surface area contributed by atoms with Crippen LogP contribution in [0.1, 0.15) is 42.9 Å². The molecule has 1 aromatic carbocycles. The molecular weight excluding hydrogens is 212 g/mol. The van der Waals surface area contributed by atoms with E-state index in [4.69, 9.17) is 4.74 Å². The van der Waals surface area contributed by atoms with Gasteiger partial charge in [0, 0.05) is 0 Å². The van der Waals surface area contributed by atoms with Gasteiger partial charge in [0.15, 0.2) is 0 Å². The zero-order valence-corrected chi connectivity index (χ0v) is 10.2. The lowest BCUT2D eigenvalue weighted by atomic mass is 9.89. The van der Waals surface area contributed by atoms with E-state index in [1.165, 1.54) is 5.56 Å². The Kier molecular flexibility index (Phi) is 4.21. The van der Waals surface area contributed by atoms with E-state index in [2.05, 4.69) is 12.6 Å². The number of unbranched alkanes of at least 4 members (excludes halogenated alkanes) is 1. The number of allylic oxidation sites excluding steroid dienone is 1. The van der Waals surface area contributed by atoms with Crippen molar-refractivity contribution >= 4 is 0 Å². The number of hydrogen-bond donors (Lipinski definition) is 1. The molecule has 1 aliphatic carbocycles. The van der Waals surface area contributed by atoms with E-state index in [9.17, 15) is 5.11 Å². The molecule has 2 heteroatoms. The van der Waals surface area contributed by atoms with Crippen molar-refractivity contribution in [1.82, 2.24) is 0 Å². The largest absolute Gasteiger partial charge is 0.494 e. The molecule has 92 valence electrons. The lowest BCUT2D eigenvalue weighted by molar-refractivity contribution is 0.156. The van der Waals surface area contributed by atoms with Crippen molar-refractivity contribution in [3.8, 4) is 5.75 Å². The van der Waals surface area contributed by atoms with Crippen LogP contribution in [0, 0.1) is 0 Å². The number of hydrogen-bond acceptors (Lipinski definition) is 2. The lowest BCUT2D eigenvalue weighted by Gasteiger charge is -2.21. The Hall–Kier alpha value is -1.28. The number of benzene rings is 1. The van der Waals surface area contributed by atoms with Crippen LogP contribution < -0.4 is 4.74 Å². The van der Waals surface area contributed by atoms with Gasteiger partial charge >= 0.3 is 0 Å². The summed E-state index contributed by atoms with van der Waals surface area (Å²) in [4.78, 5) is 0. The van der Waals surface area contributed by atoms with E-state index in [0.29, 0.717) is 0 Å². The van der Waals surface area contributed by atoms with Crippen LogP contribution in [0.3, 0.4) is 0 Å². The number of rotatable bonds is 5. The highest BCUT2D eigenvalue weighted by Gasteiger charge is 2.17. The molecule has 1 unspecified atom stereocenters. The third-order valence-corrected chi connectivity index (χ3v) is 3.22. The van der Waals surface area contributed by atoms with Gasteiger partial charge in [-0.2, -0.15) is 0 Å². The number of fused-ring (bicyclic) bond motifs is 1. The van der Waals surface area contributed by atoms with Crippen molar-refractivity contribution in [2.75, 3.05) is 6.61 Å². The highest BCUT2D eigenvalue weighted by Crippen LogP contribution is 2.31. The van der Waals surface area contributed by atoms with Gasteiger partial charge in [-0.05, 0) is 55.4 Å². The highest BCUT2D eigenvalue weighted by atomic mass is 16.5. The summed E-state index contributed by atoms with van der Waals surface area (Å²) in [7, 11) is 0. The first-order valence-electron chi connectivity index (χ1n) is 6.36. The SMILES string of the molecule is C=CCCCOc1ccc2c(c1)CCCC2O.